The summed E-state index contributed by atoms with van der Waals surface area (Å²) in [6, 6.07) is 13.5. The number of hydrogen-bond acceptors (Lipinski definition) is 2. The van der Waals surface area contributed by atoms with E-state index in [1.165, 1.54) is 0 Å². The number of halogens is 2. The van der Waals surface area contributed by atoms with Crippen LogP contribution in [0.2, 0.25) is 0 Å². The minimum atomic E-state index is 0.189. The van der Waals surface area contributed by atoms with Gasteiger partial charge in [0.1, 0.15) is 11.5 Å². The number of rotatable bonds is 5. The predicted octanol–water partition coefficient (Wildman–Crippen LogP) is 4.57. The van der Waals surface area contributed by atoms with Crippen LogP contribution in [0.3, 0.4) is 0 Å². The Morgan fingerprint density at radius 1 is 1.05 bits per heavy atom. The molecule has 2 nitrogen and oxygen atoms in total. The van der Waals surface area contributed by atoms with Crippen LogP contribution in [0.1, 0.15) is 11.1 Å². The first-order chi connectivity index (χ1) is 9.60. The Morgan fingerprint density at radius 2 is 1.80 bits per heavy atom. The van der Waals surface area contributed by atoms with E-state index in [1.807, 2.05) is 42.5 Å². The van der Waals surface area contributed by atoms with E-state index in [-0.39, 0.29) is 5.78 Å². The van der Waals surface area contributed by atoms with Crippen molar-refractivity contribution in [2.24, 2.45) is 0 Å². The van der Waals surface area contributed by atoms with Crippen LogP contribution >= 0.6 is 31.9 Å². The lowest BCUT2D eigenvalue weighted by atomic mass is 10.0. The molecule has 0 spiro atoms. The van der Waals surface area contributed by atoms with Gasteiger partial charge in [0.05, 0.1) is 11.6 Å². The summed E-state index contributed by atoms with van der Waals surface area (Å²) in [6.07, 6.45) is 0.856. The van der Waals surface area contributed by atoms with E-state index in [1.54, 1.807) is 7.11 Å². The zero-order valence-electron chi connectivity index (χ0n) is 11.0. The summed E-state index contributed by atoms with van der Waals surface area (Å²) in [5.74, 6) is 0.959. The first kappa shape index (κ1) is 15.3. The van der Waals surface area contributed by atoms with Crippen molar-refractivity contribution in [1.29, 1.82) is 0 Å². The van der Waals surface area contributed by atoms with Gasteiger partial charge in [0, 0.05) is 17.3 Å². The first-order valence-corrected chi connectivity index (χ1v) is 7.76. The fraction of sp³-hybridized carbons (Fsp3) is 0.188. The molecule has 0 N–H and O–H groups in total. The lowest BCUT2D eigenvalue weighted by Crippen LogP contribution is -2.07. The quantitative estimate of drug-likeness (QED) is 0.738. The molecule has 0 heterocycles. The third-order valence-corrected chi connectivity index (χ3v) is 4.36. The smallest absolute Gasteiger partial charge is 0.141 e. The van der Waals surface area contributed by atoms with Gasteiger partial charge in [-0.3, -0.25) is 4.79 Å². The SMILES string of the molecule is COc1ccc(CC(=O)Cc2ccccc2Br)cc1Br. The van der Waals surface area contributed by atoms with E-state index in [0.29, 0.717) is 12.8 Å². The van der Waals surface area contributed by atoms with Crippen molar-refractivity contribution in [2.75, 3.05) is 7.11 Å². The molecule has 104 valence electrons. The van der Waals surface area contributed by atoms with Crippen LogP contribution in [0.25, 0.3) is 0 Å². The Balaban J connectivity index is 2.05. The summed E-state index contributed by atoms with van der Waals surface area (Å²) in [7, 11) is 1.62. The molecule has 2 aromatic carbocycles. The van der Waals surface area contributed by atoms with Gasteiger partial charge in [-0.15, -0.1) is 0 Å². The molecule has 0 saturated carbocycles. The Morgan fingerprint density at radius 3 is 2.45 bits per heavy atom. The van der Waals surface area contributed by atoms with Gasteiger partial charge >= 0.3 is 0 Å². The van der Waals surface area contributed by atoms with Gasteiger partial charge in [-0.2, -0.15) is 0 Å². The molecule has 0 aromatic heterocycles. The molecule has 4 heteroatoms. The highest BCUT2D eigenvalue weighted by molar-refractivity contribution is 9.10. The Bertz CT molecular complexity index is 624. The van der Waals surface area contributed by atoms with Crippen LogP contribution in [0, 0.1) is 0 Å². The van der Waals surface area contributed by atoms with Crippen LogP contribution in [0.15, 0.2) is 51.4 Å². The van der Waals surface area contributed by atoms with Gasteiger partial charge in [0.15, 0.2) is 0 Å². The van der Waals surface area contributed by atoms with Crippen molar-refractivity contribution in [2.45, 2.75) is 12.8 Å². The molecule has 2 rings (SSSR count). The van der Waals surface area contributed by atoms with E-state index >= 15 is 0 Å². The second kappa shape index (κ2) is 7.04. The Kier molecular flexibility index (Phi) is 5.38. The normalized spacial score (nSPS) is 10.3. The molecule has 0 fully saturated rings. The van der Waals surface area contributed by atoms with E-state index in [9.17, 15) is 4.79 Å². The summed E-state index contributed by atoms with van der Waals surface area (Å²) in [6.45, 7) is 0. The number of hydrogen-bond donors (Lipinski definition) is 0. The number of carbonyl (C=O) groups is 1. The molecule has 0 aliphatic carbocycles. The van der Waals surface area contributed by atoms with Gasteiger partial charge in [-0.05, 0) is 45.3 Å². The molecule has 0 unspecified atom stereocenters. The average molecular weight is 398 g/mol. The summed E-state index contributed by atoms with van der Waals surface area (Å²) < 4.78 is 7.02. The molecule has 0 saturated heterocycles. The highest BCUT2D eigenvalue weighted by Crippen LogP contribution is 2.26. The number of ether oxygens (including phenoxy) is 1. The summed E-state index contributed by atoms with van der Waals surface area (Å²) in [4.78, 5) is 12.1. The second-order valence-corrected chi connectivity index (χ2v) is 6.16. The van der Waals surface area contributed by atoms with Crippen molar-refractivity contribution in [1.82, 2.24) is 0 Å². The molecule has 2 aromatic rings. The molecule has 0 radical (unpaired) electrons. The zero-order valence-corrected chi connectivity index (χ0v) is 14.2. The summed E-state index contributed by atoms with van der Waals surface area (Å²) in [5, 5.41) is 0. The maximum absolute atomic E-state index is 12.1. The average Bonchev–Trinajstić information content (AvgIpc) is 2.41. The van der Waals surface area contributed by atoms with Gasteiger partial charge in [0.2, 0.25) is 0 Å². The molecule has 0 aliphatic heterocycles. The standard InChI is InChI=1S/C16H14Br2O2/c1-20-16-7-6-11(9-15(16)18)8-13(19)10-12-4-2-3-5-14(12)17/h2-7,9H,8,10H2,1H3. The first-order valence-electron chi connectivity index (χ1n) is 6.17. The Hall–Kier alpha value is -1.13. The monoisotopic (exact) mass is 396 g/mol. The molecule has 0 amide bonds. The summed E-state index contributed by atoms with van der Waals surface area (Å²) in [5.41, 5.74) is 2.00. The Labute approximate surface area is 135 Å². The molecular formula is C16H14Br2O2. The molecular weight excluding hydrogens is 384 g/mol. The van der Waals surface area contributed by atoms with Crippen molar-refractivity contribution in [3.63, 3.8) is 0 Å². The maximum atomic E-state index is 12.1. The van der Waals surface area contributed by atoms with Gasteiger partial charge < -0.3 is 4.74 Å². The van der Waals surface area contributed by atoms with Crippen LogP contribution in [0.4, 0.5) is 0 Å². The molecule has 0 atom stereocenters. The lowest BCUT2D eigenvalue weighted by molar-refractivity contribution is -0.117. The van der Waals surface area contributed by atoms with E-state index in [2.05, 4.69) is 31.9 Å². The lowest BCUT2D eigenvalue weighted by Gasteiger charge is -2.07. The topological polar surface area (TPSA) is 26.3 Å². The molecule has 0 bridgehead atoms. The fourth-order valence-electron chi connectivity index (χ4n) is 1.96. The van der Waals surface area contributed by atoms with Crippen LogP contribution in [-0.2, 0) is 17.6 Å². The number of ketones is 1. The third kappa shape index (κ3) is 3.93. The van der Waals surface area contributed by atoms with Gasteiger partial charge in [0.25, 0.3) is 0 Å². The zero-order chi connectivity index (χ0) is 14.5. The molecule has 20 heavy (non-hydrogen) atoms. The van der Waals surface area contributed by atoms with Crippen LogP contribution in [0.5, 0.6) is 5.75 Å². The van der Waals surface area contributed by atoms with Crippen molar-refractivity contribution >= 4 is 37.6 Å². The van der Waals surface area contributed by atoms with Crippen molar-refractivity contribution < 1.29 is 9.53 Å². The fourth-order valence-corrected chi connectivity index (χ4v) is 2.98. The van der Waals surface area contributed by atoms with E-state index in [4.69, 9.17) is 4.74 Å². The molecule has 0 aliphatic rings. The third-order valence-electron chi connectivity index (χ3n) is 2.96. The number of Topliss-reactive ketones (excluding diaryl/α,β-unsaturated/α-hetero) is 1. The highest BCUT2D eigenvalue weighted by atomic mass is 79.9. The highest BCUT2D eigenvalue weighted by Gasteiger charge is 2.09. The number of carbonyl (C=O) groups excluding carboxylic acids is 1. The second-order valence-electron chi connectivity index (χ2n) is 4.45. The van der Waals surface area contributed by atoms with Gasteiger partial charge in [-0.1, -0.05) is 40.2 Å². The van der Waals surface area contributed by atoms with Gasteiger partial charge in [-0.25, -0.2) is 0 Å². The largest absolute Gasteiger partial charge is 0.496 e. The van der Waals surface area contributed by atoms with Crippen molar-refractivity contribution in [3.8, 4) is 5.75 Å². The maximum Gasteiger partial charge on any atom is 0.141 e. The predicted molar refractivity (Wildman–Crippen MR) is 87.3 cm³/mol. The summed E-state index contributed by atoms with van der Waals surface area (Å²) >= 11 is 6.90. The van der Waals surface area contributed by atoms with Crippen molar-refractivity contribution in [3.05, 3.63) is 62.5 Å². The van der Waals surface area contributed by atoms with Crippen LogP contribution < -0.4 is 4.74 Å². The number of methoxy groups -OCH3 is 1. The minimum absolute atomic E-state index is 0.189. The number of benzene rings is 2. The van der Waals surface area contributed by atoms with Crippen LogP contribution in [-0.4, -0.2) is 12.9 Å². The van der Waals surface area contributed by atoms with E-state index in [0.717, 1.165) is 25.8 Å². The minimum Gasteiger partial charge on any atom is -0.496 e. The van der Waals surface area contributed by atoms with E-state index < -0.39 is 0 Å².